The normalized spacial score (nSPS) is 29.3. The maximum absolute atomic E-state index is 12.7. The van der Waals surface area contributed by atoms with Crippen molar-refractivity contribution in [3.8, 4) is 0 Å². The molecule has 1 heterocycles. The maximum atomic E-state index is 12.7. The fourth-order valence-electron chi connectivity index (χ4n) is 1.03. The molecule has 0 aromatic heterocycles. The molecular formula is C6H11ClFNO2. The number of alkyl halides is 1. The average Bonchev–Trinajstić information content (AvgIpc) is 2.34. The van der Waals surface area contributed by atoms with Crippen molar-refractivity contribution < 1.29 is 13.9 Å². The van der Waals surface area contributed by atoms with Crippen molar-refractivity contribution in [1.82, 2.24) is 5.32 Å². The second-order valence-electron chi connectivity index (χ2n) is 2.30. The first-order valence-electron chi connectivity index (χ1n) is 3.18. The number of methoxy groups -OCH3 is 1. The van der Waals surface area contributed by atoms with Gasteiger partial charge in [0.1, 0.15) is 12.1 Å². The molecule has 0 bridgehead atoms. The van der Waals surface area contributed by atoms with Crippen LogP contribution in [0.5, 0.6) is 0 Å². The van der Waals surface area contributed by atoms with Gasteiger partial charge in [0.15, 0.2) is 0 Å². The zero-order chi connectivity index (χ0) is 7.56. The van der Waals surface area contributed by atoms with Gasteiger partial charge in [-0.1, -0.05) is 0 Å². The van der Waals surface area contributed by atoms with Crippen molar-refractivity contribution in [3.05, 3.63) is 0 Å². The van der Waals surface area contributed by atoms with E-state index < -0.39 is 18.1 Å². The molecule has 0 aromatic rings. The summed E-state index contributed by atoms with van der Waals surface area (Å²) in [5, 5.41) is 2.76. The van der Waals surface area contributed by atoms with Gasteiger partial charge in [-0.2, -0.15) is 0 Å². The van der Waals surface area contributed by atoms with Crippen molar-refractivity contribution in [2.24, 2.45) is 5.92 Å². The fourth-order valence-corrected chi connectivity index (χ4v) is 1.03. The molecule has 2 atom stereocenters. The van der Waals surface area contributed by atoms with Gasteiger partial charge >= 0.3 is 5.97 Å². The smallest absolute Gasteiger partial charge is 0.312 e. The van der Waals surface area contributed by atoms with E-state index in [2.05, 4.69) is 10.1 Å². The number of esters is 1. The zero-order valence-corrected chi connectivity index (χ0v) is 6.99. The van der Waals surface area contributed by atoms with Crippen LogP contribution in [0.3, 0.4) is 0 Å². The third kappa shape index (κ3) is 2.31. The summed E-state index contributed by atoms with van der Waals surface area (Å²) in [5.74, 6) is -1.05. The van der Waals surface area contributed by atoms with E-state index in [9.17, 15) is 9.18 Å². The topological polar surface area (TPSA) is 38.3 Å². The summed E-state index contributed by atoms with van der Waals surface area (Å²) in [5.41, 5.74) is 0. The molecule has 1 aliphatic heterocycles. The molecular weight excluding hydrogens is 173 g/mol. The van der Waals surface area contributed by atoms with E-state index in [-0.39, 0.29) is 19.0 Å². The number of carbonyl (C=O) groups excluding carboxylic acids is 1. The largest absolute Gasteiger partial charge is 0.469 e. The highest BCUT2D eigenvalue weighted by atomic mass is 35.5. The Morgan fingerprint density at radius 1 is 1.64 bits per heavy atom. The van der Waals surface area contributed by atoms with Gasteiger partial charge in [-0.15, -0.1) is 12.4 Å². The molecule has 11 heavy (non-hydrogen) atoms. The minimum Gasteiger partial charge on any atom is -0.469 e. The van der Waals surface area contributed by atoms with Gasteiger partial charge in [-0.3, -0.25) is 4.79 Å². The molecule has 2 unspecified atom stereocenters. The van der Waals surface area contributed by atoms with Crippen LogP contribution >= 0.6 is 12.4 Å². The van der Waals surface area contributed by atoms with Crippen LogP contribution in [0.2, 0.25) is 0 Å². The predicted octanol–water partition coefficient (Wildman–Crippen LogP) is 0.139. The third-order valence-corrected chi connectivity index (χ3v) is 1.64. The van der Waals surface area contributed by atoms with Crippen LogP contribution in [-0.2, 0) is 9.53 Å². The van der Waals surface area contributed by atoms with Crippen molar-refractivity contribution in [1.29, 1.82) is 0 Å². The number of hydrogen-bond acceptors (Lipinski definition) is 3. The van der Waals surface area contributed by atoms with Gasteiger partial charge in [0.05, 0.1) is 7.11 Å². The summed E-state index contributed by atoms with van der Waals surface area (Å²) in [6.07, 6.45) is -1.08. The molecule has 0 spiro atoms. The van der Waals surface area contributed by atoms with E-state index in [4.69, 9.17) is 0 Å². The zero-order valence-electron chi connectivity index (χ0n) is 6.17. The van der Waals surface area contributed by atoms with Crippen molar-refractivity contribution in [3.63, 3.8) is 0 Å². The highest BCUT2D eigenvalue weighted by molar-refractivity contribution is 5.85. The van der Waals surface area contributed by atoms with Crippen LogP contribution in [0.1, 0.15) is 0 Å². The van der Waals surface area contributed by atoms with Gasteiger partial charge < -0.3 is 10.1 Å². The third-order valence-electron chi connectivity index (χ3n) is 1.64. The first-order chi connectivity index (χ1) is 4.75. The van der Waals surface area contributed by atoms with Crippen LogP contribution < -0.4 is 5.32 Å². The van der Waals surface area contributed by atoms with Gasteiger partial charge in [-0.25, -0.2) is 4.39 Å². The first-order valence-corrected chi connectivity index (χ1v) is 3.18. The highest BCUT2D eigenvalue weighted by Gasteiger charge is 2.33. The summed E-state index contributed by atoms with van der Waals surface area (Å²) in [6.45, 7) is 0.660. The minimum atomic E-state index is -1.08. The van der Waals surface area contributed by atoms with Crippen LogP contribution in [0.25, 0.3) is 0 Å². The molecule has 3 nitrogen and oxygen atoms in total. The molecule has 1 aliphatic rings. The molecule has 66 valence electrons. The molecule has 1 N–H and O–H groups in total. The second-order valence-corrected chi connectivity index (χ2v) is 2.30. The lowest BCUT2D eigenvalue weighted by Crippen LogP contribution is -2.24. The summed E-state index contributed by atoms with van der Waals surface area (Å²) in [7, 11) is 1.27. The molecule has 1 rings (SSSR count). The van der Waals surface area contributed by atoms with Gasteiger partial charge in [0.25, 0.3) is 0 Å². The monoisotopic (exact) mass is 183 g/mol. The van der Waals surface area contributed by atoms with E-state index in [0.717, 1.165) is 0 Å². The lowest BCUT2D eigenvalue weighted by atomic mass is 10.1. The van der Waals surface area contributed by atoms with Gasteiger partial charge in [0, 0.05) is 13.1 Å². The van der Waals surface area contributed by atoms with Crippen LogP contribution in [0.4, 0.5) is 4.39 Å². The van der Waals surface area contributed by atoms with Crippen LogP contribution in [-0.4, -0.2) is 32.3 Å². The number of rotatable bonds is 1. The molecule has 0 amide bonds. The van der Waals surface area contributed by atoms with E-state index in [0.29, 0.717) is 6.54 Å². The Morgan fingerprint density at radius 2 is 2.27 bits per heavy atom. The standard InChI is InChI=1S/C6H10FNO2.ClH/c1-10-6(9)4-2-8-3-5(4)7;/h4-5,8H,2-3H2,1H3;1H. The van der Waals surface area contributed by atoms with E-state index in [1.54, 1.807) is 0 Å². The lowest BCUT2D eigenvalue weighted by molar-refractivity contribution is -0.146. The Hall–Kier alpha value is -0.350. The molecule has 5 heteroatoms. The SMILES string of the molecule is COC(=O)C1CNCC1F.Cl. The van der Waals surface area contributed by atoms with E-state index in [1.165, 1.54) is 7.11 Å². The Balaban J connectivity index is 0.000001000. The number of ether oxygens (including phenoxy) is 1. The summed E-state index contributed by atoms with van der Waals surface area (Å²) < 4.78 is 17.0. The minimum absolute atomic E-state index is 0. The van der Waals surface area contributed by atoms with E-state index in [1.807, 2.05) is 0 Å². The van der Waals surface area contributed by atoms with Gasteiger partial charge in [-0.05, 0) is 0 Å². The van der Waals surface area contributed by atoms with Crippen LogP contribution in [0, 0.1) is 5.92 Å². The number of carbonyl (C=O) groups is 1. The number of hydrogen-bond donors (Lipinski definition) is 1. The van der Waals surface area contributed by atoms with Crippen molar-refractivity contribution >= 4 is 18.4 Å². The Morgan fingerprint density at radius 3 is 2.64 bits per heavy atom. The Labute approximate surface area is 70.7 Å². The molecule has 1 fully saturated rings. The fraction of sp³-hybridized carbons (Fsp3) is 0.833. The molecule has 0 saturated carbocycles. The first kappa shape index (κ1) is 10.7. The summed E-state index contributed by atoms with van der Waals surface area (Å²) in [4.78, 5) is 10.7. The molecule has 0 aliphatic carbocycles. The maximum Gasteiger partial charge on any atom is 0.312 e. The predicted molar refractivity (Wildman–Crippen MR) is 40.5 cm³/mol. The van der Waals surface area contributed by atoms with E-state index >= 15 is 0 Å². The van der Waals surface area contributed by atoms with Gasteiger partial charge in [0.2, 0.25) is 0 Å². The van der Waals surface area contributed by atoms with Crippen molar-refractivity contribution in [2.75, 3.05) is 20.2 Å². The molecule has 0 radical (unpaired) electrons. The summed E-state index contributed by atoms with van der Waals surface area (Å²) >= 11 is 0. The lowest BCUT2D eigenvalue weighted by Gasteiger charge is -2.06. The Kier molecular flexibility index (Phi) is 4.37. The molecule has 0 aromatic carbocycles. The number of halogens is 2. The Bertz CT molecular complexity index is 145. The highest BCUT2D eigenvalue weighted by Crippen LogP contribution is 2.13. The molecule has 1 saturated heterocycles. The summed E-state index contributed by atoms with van der Waals surface area (Å²) in [6, 6.07) is 0. The van der Waals surface area contributed by atoms with Crippen LogP contribution in [0.15, 0.2) is 0 Å². The quantitative estimate of drug-likeness (QED) is 0.588. The van der Waals surface area contributed by atoms with Crippen molar-refractivity contribution in [2.45, 2.75) is 6.17 Å². The number of nitrogens with one attached hydrogen (secondary N) is 1. The second kappa shape index (κ2) is 4.51. The average molecular weight is 184 g/mol.